The van der Waals surface area contributed by atoms with Crippen molar-refractivity contribution in [2.75, 3.05) is 26.2 Å². The van der Waals surface area contributed by atoms with Crippen molar-refractivity contribution >= 4 is 21.8 Å². The summed E-state index contributed by atoms with van der Waals surface area (Å²) in [5, 5.41) is 3.36. The molecule has 1 amide bonds. The van der Waals surface area contributed by atoms with Gasteiger partial charge in [0.15, 0.2) is 0 Å². The number of nitrogens with one attached hydrogen (secondary N) is 1. The molecule has 1 atom stereocenters. The molecule has 1 saturated heterocycles. The average molecular weight is 343 g/mol. The van der Waals surface area contributed by atoms with Gasteiger partial charge >= 0.3 is 0 Å². The maximum atomic E-state index is 13.5. The number of nitrogens with zero attached hydrogens (tertiary/aromatic N) is 1. The Kier molecular flexibility index (Phi) is 5.54. The highest BCUT2D eigenvalue weighted by atomic mass is 79.9. The van der Waals surface area contributed by atoms with Crippen molar-refractivity contribution in [2.24, 2.45) is 5.92 Å². The van der Waals surface area contributed by atoms with Crippen LogP contribution in [-0.2, 0) is 0 Å². The van der Waals surface area contributed by atoms with Gasteiger partial charge in [-0.1, -0.05) is 0 Å². The van der Waals surface area contributed by atoms with Crippen molar-refractivity contribution in [1.29, 1.82) is 0 Å². The minimum absolute atomic E-state index is 0.0931. The van der Waals surface area contributed by atoms with Gasteiger partial charge in [-0.2, -0.15) is 0 Å². The summed E-state index contributed by atoms with van der Waals surface area (Å²) in [6, 6.07) is 4.55. The van der Waals surface area contributed by atoms with E-state index in [1.807, 2.05) is 6.92 Å². The van der Waals surface area contributed by atoms with Crippen LogP contribution in [0.4, 0.5) is 4.39 Å². The molecule has 1 aromatic rings. The summed E-state index contributed by atoms with van der Waals surface area (Å²) in [6.07, 6.45) is 2.30. The Morgan fingerprint density at radius 3 is 2.95 bits per heavy atom. The van der Waals surface area contributed by atoms with Crippen LogP contribution in [-0.4, -0.2) is 37.0 Å². The fraction of sp³-hybridized carbons (Fsp3) is 0.533. The van der Waals surface area contributed by atoms with Gasteiger partial charge in [-0.05, 0) is 72.9 Å². The van der Waals surface area contributed by atoms with Gasteiger partial charge in [0.2, 0.25) is 0 Å². The van der Waals surface area contributed by atoms with Gasteiger partial charge in [0.25, 0.3) is 5.91 Å². The highest BCUT2D eigenvalue weighted by molar-refractivity contribution is 9.10. The van der Waals surface area contributed by atoms with Crippen molar-refractivity contribution in [3.05, 3.63) is 34.1 Å². The number of carbonyl (C=O) groups is 1. The van der Waals surface area contributed by atoms with Gasteiger partial charge in [-0.25, -0.2) is 4.39 Å². The molecule has 1 aromatic carbocycles. The second kappa shape index (κ2) is 7.18. The van der Waals surface area contributed by atoms with Crippen molar-refractivity contribution in [3.63, 3.8) is 0 Å². The zero-order valence-corrected chi connectivity index (χ0v) is 13.2. The number of benzene rings is 1. The molecule has 0 radical (unpaired) electrons. The molecular weight excluding hydrogens is 323 g/mol. The third-order valence-electron chi connectivity index (χ3n) is 3.71. The van der Waals surface area contributed by atoms with Crippen LogP contribution in [0.1, 0.15) is 30.1 Å². The Morgan fingerprint density at radius 2 is 2.35 bits per heavy atom. The first-order valence-electron chi connectivity index (χ1n) is 7.07. The van der Waals surface area contributed by atoms with Crippen LogP contribution < -0.4 is 5.32 Å². The van der Waals surface area contributed by atoms with Gasteiger partial charge in [-0.15, -0.1) is 0 Å². The summed E-state index contributed by atoms with van der Waals surface area (Å²) < 4.78 is 13.9. The highest BCUT2D eigenvalue weighted by Gasteiger charge is 2.21. The smallest absolute Gasteiger partial charge is 0.253 e. The summed E-state index contributed by atoms with van der Waals surface area (Å²) in [5.74, 6) is 0.00338. The van der Waals surface area contributed by atoms with Gasteiger partial charge in [0, 0.05) is 18.7 Å². The first-order chi connectivity index (χ1) is 9.61. The maximum absolute atomic E-state index is 13.5. The Hall–Kier alpha value is -0.940. The molecule has 0 aromatic heterocycles. The molecule has 1 N–H and O–H groups in total. The lowest BCUT2D eigenvalue weighted by Crippen LogP contribution is -2.41. The van der Waals surface area contributed by atoms with Gasteiger partial charge in [0.05, 0.1) is 4.47 Å². The number of hydrogen-bond acceptors (Lipinski definition) is 2. The van der Waals surface area contributed by atoms with E-state index in [0.717, 1.165) is 32.5 Å². The Balaban J connectivity index is 2.05. The lowest BCUT2D eigenvalue weighted by Gasteiger charge is -2.29. The van der Waals surface area contributed by atoms with Crippen LogP contribution >= 0.6 is 15.9 Å². The van der Waals surface area contributed by atoms with E-state index >= 15 is 0 Å². The predicted molar refractivity (Wildman–Crippen MR) is 81.3 cm³/mol. The van der Waals surface area contributed by atoms with Crippen LogP contribution in [0, 0.1) is 11.7 Å². The molecule has 1 aliphatic rings. The molecule has 0 bridgehead atoms. The van der Waals surface area contributed by atoms with Crippen molar-refractivity contribution in [3.8, 4) is 0 Å². The van der Waals surface area contributed by atoms with E-state index in [1.54, 1.807) is 17.0 Å². The number of carbonyl (C=O) groups excluding carboxylic acids is 1. The lowest BCUT2D eigenvalue weighted by atomic mass is 9.98. The molecule has 0 spiro atoms. The van der Waals surface area contributed by atoms with E-state index in [-0.39, 0.29) is 5.91 Å². The van der Waals surface area contributed by atoms with Crippen molar-refractivity contribution in [1.82, 2.24) is 10.2 Å². The van der Waals surface area contributed by atoms with Crippen LogP contribution in [0.3, 0.4) is 0 Å². The first kappa shape index (κ1) is 15.4. The monoisotopic (exact) mass is 342 g/mol. The summed E-state index contributed by atoms with van der Waals surface area (Å²) in [5.41, 5.74) is 0.413. The second-order valence-corrected chi connectivity index (χ2v) is 6.04. The minimum atomic E-state index is -0.397. The molecule has 5 heteroatoms. The van der Waals surface area contributed by atoms with E-state index in [0.29, 0.717) is 22.5 Å². The van der Waals surface area contributed by atoms with Crippen LogP contribution in [0.5, 0.6) is 0 Å². The summed E-state index contributed by atoms with van der Waals surface area (Å²) in [7, 11) is 0. The van der Waals surface area contributed by atoms with Crippen molar-refractivity contribution < 1.29 is 9.18 Å². The topological polar surface area (TPSA) is 32.3 Å². The number of hydrogen-bond donors (Lipinski definition) is 1. The number of amides is 1. The largest absolute Gasteiger partial charge is 0.339 e. The number of halogens is 2. The fourth-order valence-corrected chi connectivity index (χ4v) is 2.81. The lowest BCUT2D eigenvalue weighted by molar-refractivity contribution is 0.0728. The molecule has 1 fully saturated rings. The summed E-state index contributed by atoms with van der Waals surface area (Å²) >= 11 is 3.10. The molecular formula is C15H20BrFN2O. The van der Waals surface area contributed by atoms with Gasteiger partial charge in [-0.3, -0.25) is 4.79 Å². The van der Waals surface area contributed by atoms with E-state index < -0.39 is 5.82 Å². The molecule has 1 heterocycles. The van der Waals surface area contributed by atoms with E-state index in [9.17, 15) is 9.18 Å². The average Bonchev–Trinajstić information content (AvgIpc) is 2.48. The Bertz CT molecular complexity index is 475. The maximum Gasteiger partial charge on any atom is 0.253 e. The van der Waals surface area contributed by atoms with E-state index in [4.69, 9.17) is 0 Å². The highest BCUT2D eigenvalue weighted by Crippen LogP contribution is 2.19. The zero-order valence-electron chi connectivity index (χ0n) is 11.7. The third kappa shape index (κ3) is 3.79. The van der Waals surface area contributed by atoms with Crippen LogP contribution in [0.2, 0.25) is 0 Å². The molecule has 1 aliphatic heterocycles. The van der Waals surface area contributed by atoms with E-state index in [2.05, 4.69) is 21.2 Å². The molecule has 0 saturated carbocycles. The third-order valence-corrected chi connectivity index (χ3v) is 4.36. The van der Waals surface area contributed by atoms with Gasteiger partial charge < -0.3 is 10.2 Å². The Labute approximate surface area is 127 Å². The molecule has 2 rings (SSSR count). The molecule has 0 aliphatic carbocycles. The van der Waals surface area contributed by atoms with Crippen molar-refractivity contribution in [2.45, 2.75) is 19.8 Å². The van der Waals surface area contributed by atoms with Gasteiger partial charge in [0.1, 0.15) is 5.82 Å². The SMILES string of the molecule is CCN(CC1CCCNC1)C(=O)c1ccc(Br)c(F)c1. The zero-order chi connectivity index (χ0) is 14.5. The first-order valence-corrected chi connectivity index (χ1v) is 7.86. The minimum Gasteiger partial charge on any atom is -0.339 e. The standard InChI is InChI=1S/C15H20BrFN2O/c1-2-19(10-11-4-3-7-18-9-11)15(20)12-5-6-13(16)14(17)8-12/h5-6,8,11,18H,2-4,7,9-10H2,1H3. The second-order valence-electron chi connectivity index (χ2n) is 5.19. The molecule has 1 unspecified atom stereocenters. The van der Waals surface area contributed by atoms with Crippen LogP contribution in [0.25, 0.3) is 0 Å². The molecule has 20 heavy (non-hydrogen) atoms. The van der Waals surface area contributed by atoms with E-state index in [1.165, 1.54) is 6.07 Å². The summed E-state index contributed by atoms with van der Waals surface area (Å²) in [4.78, 5) is 14.2. The molecule has 110 valence electrons. The Morgan fingerprint density at radius 1 is 1.55 bits per heavy atom. The predicted octanol–water partition coefficient (Wildman–Crippen LogP) is 3.05. The molecule has 3 nitrogen and oxygen atoms in total. The fourth-order valence-electron chi connectivity index (χ4n) is 2.56. The number of piperidine rings is 1. The normalized spacial score (nSPS) is 18.9. The number of rotatable bonds is 4. The quantitative estimate of drug-likeness (QED) is 0.911. The van der Waals surface area contributed by atoms with Crippen LogP contribution in [0.15, 0.2) is 22.7 Å². The summed E-state index contributed by atoms with van der Waals surface area (Å²) in [6.45, 7) is 5.36.